The van der Waals surface area contributed by atoms with Crippen LogP contribution in [0.15, 0.2) is 30.3 Å². The number of sulfone groups is 1. The Labute approximate surface area is 104 Å². The third kappa shape index (κ3) is 5.36. The quantitative estimate of drug-likeness (QED) is 0.783. The van der Waals surface area contributed by atoms with Crippen LogP contribution in [-0.2, 0) is 9.84 Å². The monoisotopic (exact) mass is 272 g/mol. The van der Waals surface area contributed by atoms with E-state index < -0.39 is 9.84 Å². The van der Waals surface area contributed by atoms with Gasteiger partial charge in [-0.25, -0.2) is 13.1 Å². The number of benzene rings is 1. The van der Waals surface area contributed by atoms with Crippen molar-refractivity contribution in [1.29, 1.82) is 0 Å². The van der Waals surface area contributed by atoms with Crippen molar-refractivity contribution >= 4 is 22.1 Å². The number of tetrazole rings is 1. The highest BCUT2D eigenvalue weighted by atomic mass is 32.2. The molecule has 0 atom stereocenters. The second-order valence-electron chi connectivity index (χ2n) is 3.40. The Kier molecular flexibility index (Phi) is 4.53. The summed E-state index contributed by atoms with van der Waals surface area (Å²) in [5.41, 5.74) is 0.938. The normalized spacial score (nSPS) is 10.5. The lowest BCUT2D eigenvalue weighted by molar-refractivity contribution is 0.607. The van der Waals surface area contributed by atoms with Gasteiger partial charge in [0.25, 0.3) is 0 Å². The molecule has 1 N–H and O–H groups in total. The average molecular weight is 272 g/mol. The van der Waals surface area contributed by atoms with Gasteiger partial charge in [-0.1, -0.05) is 28.5 Å². The molecule has 6 nitrogen and oxygen atoms in total. The fraction of sp³-hybridized carbons (Fsp3) is 0.222. The Morgan fingerprint density at radius 3 is 2.18 bits per heavy atom. The van der Waals surface area contributed by atoms with Crippen molar-refractivity contribution in [3.63, 3.8) is 0 Å². The lowest BCUT2D eigenvalue weighted by atomic mass is 10.3. The minimum absolute atomic E-state index is 0.432. The number of hydrogen-bond acceptors (Lipinski definition) is 5. The molecule has 0 spiro atoms. The van der Waals surface area contributed by atoms with E-state index in [1.165, 1.54) is 0 Å². The molecule has 1 aromatic heterocycles. The molecule has 0 aliphatic carbocycles. The molecule has 8 heteroatoms. The molecule has 0 amide bonds. The van der Waals surface area contributed by atoms with Crippen molar-refractivity contribution in [3.8, 4) is 5.69 Å². The number of aromatic amines is 1. The predicted octanol–water partition coefficient (Wildman–Crippen LogP) is 0.986. The van der Waals surface area contributed by atoms with Gasteiger partial charge in [-0.05, 0) is 24.4 Å². The van der Waals surface area contributed by atoms with Crippen LogP contribution in [0.1, 0.15) is 0 Å². The van der Waals surface area contributed by atoms with E-state index in [1.54, 1.807) is 4.68 Å². The summed E-state index contributed by atoms with van der Waals surface area (Å²) in [4.78, 5) is 0. The third-order valence-electron chi connectivity index (χ3n) is 1.49. The molecule has 0 unspecified atom stereocenters. The Hall–Kier alpha value is -1.54. The third-order valence-corrected chi connectivity index (χ3v) is 1.75. The maximum atomic E-state index is 9.63. The topological polar surface area (TPSA) is 80.6 Å². The fourth-order valence-corrected chi connectivity index (χ4v) is 1.13. The summed E-state index contributed by atoms with van der Waals surface area (Å²) in [5.74, 6) is 0. The number of H-pyrrole nitrogens is 1. The van der Waals surface area contributed by atoms with Gasteiger partial charge in [0.2, 0.25) is 4.77 Å². The lowest BCUT2D eigenvalue weighted by Crippen LogP contribution is -1.95. The fourth-order valence-electron chi connectivity index (χ4n) is 0.943. The molecule has 2 rings (SSSR count). The highest BCUT2D eigenvalue weighted by Gasteiger charge is 1.95. The first-order valence-electron chi connectivity index (χ1n) is 4.58. The first-order chi connectivity index (χ1) is 7.88. The zero-order valence-electron chi connectivity index (χ0n) is 9.36. The lowest BCUT2D eigenvalue weighted by Gasteiger charge is -1.97. The minimum Gasteiger partial charge on any atom is -0.229 e. The van der Waals surface area contributed by atoms with Gasteiger partial charge in [0.15, 0.2) is 0 Å². The number of nitrogens with one attached hydrogen (secondary N) is 1. The number of rotatable bonds is 1. The summed E-state index contributed by atoms with van der Waals surface area (Å²) in [7, 11) is -2.67. The van der Waals surface area contributed by atoms with Crippen molar-refractivity contribution in [2.45, 2.75) is 0 Å². The molecule has 0 aliphatic rings. The van der Waals surface area contributed by atoms with E-state index in [1.807, 2.05) is 30.3 Å². The largest absolute Gasteiger partial charge is 0.242 e. The Morgan fingerprint density at radius 1 is 1.24 bits per heavy atom. The minimum atomic E-state index is -2.67. The molecule has 0 aliphatic heterocycles. The molecule has 0 saturated carbocycles. The number of para-hydroxylation sites is 1. The number of hydrogen-bond donors (Lipinski definition) is 1. The molecular weight excluding hydrogens is 260 g/mol. The standard InChI is InChI=1S/C7H6N4S.C2H6O2S/c12-7-8-9-10-11(7)6-4-2-1-3-5-6;1-5(2,3)4/h1-5H,(H,8,10,12);1-2H3. The van der Waals surface area contributed by atoms with Gasteiger partial charge in [0.1, 0.15) is 9.84 Å². The Balaban J connectivity index is 0.000000249. The maximum Gasteiger partial charge on any atom is 0.242 e. The van der Waals surface area contributed by atoms with E-state index in [0.29, 0.717) is 4.77 Å². The van der Waals surface area contributed by atoms with Crippen LogP contribution in [0.2, 0.25) is 0 Å². The van der Waals surface area contributed by atoms with Crippen molar-refractivity contribution in [2.24, 2.45) is 0 Å². The van der Waals surface area contributed by atoms with Crippen LogP contribution in [0.4, 0.5) is 0 Å². The average Bonchev–Trinajstić information content (AvgIpc) is 2.63. The summed E-state index contributed by atoms with van der Waals surface area (Å²) >= 11 is 4.93. The van der Waals surface area contributed by atoms with Gasteiger partial charge in [-0.15, -0.1) is 0 Å². The van der Waals surface area contributed by atoms with Crippen LogP contribution < -0.4 is 0 Å². The maximum absolute atomic E-state index is 9.63. The van der Waals surface area contributed by atoms with Gasteiger partial charge in [0, 0.05) is 12.5 Å². The summed E-state index contributed by atoms with van der Waals surface area (Å²) in [6, 6.07) is 9.65. The zero-order valence-corrected chi connectivity index (χ0v) is 11.0. The summed E-state index contributed by atoms with van der Waals surface area (Å²) in [6.07, 6.45) is 2.32. The van der Waals surface area contributed by atoms with Crippen molar-refractivity contribution in [2.75, 3.05) is 12.5 Å². The van der Waals surface area contributed by atoms with E-state index in [4.69, 9.17) is 12.2 Å². The van der Waals surface area contributed by atoms with Gasteiger partial charge in [-0.2, -0.15) is 5.21 Å². The Bertz CT molecular complexity index is 608. The summed E-state index contributed by atoms with van der Waals surface area (Å²) in [6.45, 7) is 0. The second-order valence-corrected chi connectivity index (χ2v) is 6.05. The summed E-state index contributed by atoms with van der Waals surface area (Å²) < 4.78 is 21.3. The molecule has 0 radical (unpaired) electrons. The highest BCUT2D eigenvalue weighted by Crippen LogP contribution is 2.03. The van der Waals surface area contributed by atoms with Gasteiger partial charge in [0.05, 0.1) is 5.69 Å². The first kappa shape index (κ1) is 13.5. The molecule has 0 bridgehead atoms. The van der Waals surface area contributed by atoms with E-state index in [9.17, 15) is 8.42 Å². The van der Waals surface area contributed by atoms with E-state index in [0.717, 1.165) is 18.2 Å². The van der Waals surface area contributed by atoms with Gasteiger partial charge in [-0.3, -0.25) is 0 Å². The van der Waals surface area contributed by atoms with Gasteiger partial charge >= 0.3 is 0 Å². The van der Waals surface area contributed by atoms with Crippen LogP contribution in [0.3, 0.4) is 0 Å². The van der Waals surface area contributed by atoms with E-state index >= 15 is 0 Å². The van der Waals surface area contributed by atoms with E-state index in [2.05, 4.69) is 15.5 Å². The molecule has 0 saturated heterocycles. The van der Waals surface area contributed by atoms with Crippen molar-refractivity contribution in [3.05, 3.63) is 35.1 Å². The van der Waals surface area contributed by atoms with Crippen molar-refractivity contribution < 1.29 is 8.42 Å². The Morgan fingerprint density at radius 2 is 1.76 bits per heavy atom. The zero-order chi connectivity index (χ0) is 12.9. The van der Waals surface area contributed by atoms with Crippen LogP contribution in [0.5, 0.6) is 0 Å². The molecular formula is C9H12N4O2S2. The van der Waals surface area contributed by atoms with Crippen LogP contribution in [0, 0.1) is 4.77 Å². The van der Waals surface area contributed by atoms with Crippen LogP contribution in [0.25, 0.3) is 5.69 Å². The van der Waals surface area contributed by atoms with Crippen LogP contribution in [-0.4, -0.2) is 41.1 Å². The predicted molar refractivity (Wildman–Crippen MR) is 67.3 cm³/mol. The molecule has 17 heavy (non-hydrogen) atoms. The van der Waals surface area contributed by atoms with Crippen molar-refractivity contribution in [1.82, 2.24) is 20.2 Å². The highest BCUT2D eigenvalue weighted by molar-refractivity contribution is 7.89. The molecule has 92 valence electrons. The smallest absolute Gasteiger partial charge is 0.229 e. The molecule has 0 fully saturated rings. The van der Waals surface area contributed by atoms with Crippen LogP contribution >= 0.6 is 12.2 Å². The van der Waals surface area contributed by atoms with E-state index in [-0.39, 0.29) is 0 Å². The first-order valence-corrected chi connectivity index (χ1v) is 7.29. The summed E-state index contributed by atoms with van der Waals surface area (Å²) in [5, 5.41) is 9.92. The molecule has 1 heterocycles. The molecule has 2 aromatic rings. The number of aromatic nitrogens is 4. The second kappa shape index (κ2) is 5.69. The number of nitrogens with zero attached hydrogens (tertiary/aromatic N) is 3. The molecule has 1 aromatic carbocycles. The van der Waals surface area contributed by atoms with Gasteiger partial charge < -0.3 is 0 Å². The SMILES string of the molecule is CS(C)(=O)=O.S=c1nn[nH]n1-c1ccccc1.